The third kappa shape index (κ3) is 4.70. The van der Waals surface area contributed by atoms with Gasteiger partial charge in [0.25, 0.3) is 0 Å². The van der Waals surface area contributed by atoms with E-state index in [0.29, 0.717) is 5.82 Å². The van der Waals surface area contributed by atoms with Crippen LogP contribution in [0.5, 0.6) is 0 Å². The molecule has 0 amide bonds. The van der Waals surface area contributed by atoms with Crippen LogP contribution < -0.4 is 0 Å². The first kappa shape index (κ1) is 30.3. The van der Waals surface area contributed by atoms with Crippen molar-refractivity contribution in [2.75, 3.05) is 0 Å². The summed E-state index contributed by atoms with van der Waals surface area (Å²) in [6.07, 6.45) is 0. The van der Waals surface area contributed by atoms with Crippen molar-refractivity contribution in [1.82, 2.24) is 19.1 Å². The van der Waals surface area contributed by atoms with Gasteiger partial charge in [0, 0.05) is 49.4 Å². The van der Waals surface area contributed by atoms with Crippen LogP contribution in [0.3, 0.4) is 0 Å². The third-order valence-electron chi connectivity index (χ3n) is 10.7. The van der Waals surface area contributed by atoms with Gasteiger partial charge >= 0.3 is 0 Å². The summed E-state index contributed by atoms with van der Waals surface area (Å²) in [6, 6.07) is 68.9. The van der Waals surface area contributed by atoms with E-state index in [2.05, 4.69) is 197 Å². The predicted molar refractivity (Wildman–Crippen MR) is 225 cm³/mol. The monoisotopic (exact) mass is 688 g/mol. The highest BCUT2D eigenvalue weighted by Gasteiger charge is 2.19. The first-order valence-corrected chi connectivity index (χ1v) is 18.3. The van der Waals surface area contributed by atoms with Crippen LogP contribution in [0, 0.1) is 0 Å². The van der Waals surface area contributed by atoms with Crippen molar-refractivity contribution in [2.45, 2.75) is 0 Å². The van der Waals surface area contributed by atoms with Gasteiger partial charge in [0.05, 0.1) is 33.3 Å². The van der Waals surface area contributed by atoms with Gasteiger partial charge in [-0.15, -0.1) is 0 Å². The van der Waals surface area contributed by atoms with E-state index in [1.807, 2.05) is 6.07 Å². The highest BCUT2D eigenvalue weighted by atomic mass is 15.0. The van der Waals surface area contributed by atoms with E-state index in [9.17, 15) is 0 Å². The lowest BCUT2D eigenvalue weighted by Gasteiger charge is -2.14. The number of hydrogen-bond acceptors (Lipinski definition) is 2. The number of nitrogens with zero attached hydrogens (tertiary/aromatic N) is 4. The van der Waals surface area contributed by atoms with E-state index in [1.165, 1.54) is 43.6 Å². The molecule has 0 N–H and O–H groups in total. The summed E-state index contributed by atoms with van der Waals surface area (Å²) in [4.78, 5) is 10.5. The van der Waals surface area contributed by atoms with Gasteiger partial charge in [-0.3, -0.25) is 0 Å². The lowest BCUT2D eigenvalue weighted by Crippen LogP contribution is -1.98. The Hall–Kier alpha value is -7.30. The normalized spacial score (nSPS) is 11.7. The summed E-state index contributed by atoms with van der Waals surface area (Å²) in [5.74, 6) is 0.704. The molecule has 3 heterocycles. The van der Waals surface area contributed by atoms with Gasteiger partial charge in [-0.25, -0.2) is 9.97 Å². The number of benzene rings is 8. The average Bonchev–Trinajstić information content (AvgIpc) is 3.75. The smallest absolute Gasteiger partial charge is 0.160 e. The molecule has 0 atom stereocenters. The second-order valence-electron chi connectivity index (χ2n) is 13.8. The minimum Gasteiger partial charge on any atom is -0.309 e. The maximum atomic E-state index is 5.29. The predicted octanol–water partition coefficient (Wildman–Crippen LogP) is 12.8. The largest absolute Gasteiger partial charge is 0.309 e. The molecule has 0 fully saturated rings. The molecule has 3 aromatic heterocycles. The van der Waals surface area contributed by atoms with Gasteiger partial charge in [0.15, 0.2) is 5.82 Å². The van der Waals surface area contributed by atoms with Gasteiger partial charge in [-0.1, -0.05) is 127 Å². The highest BCUT2D eigenvalue weighted by molar-refractivity contribution is 6.19. The highest BCUT2D eigenvalue weighted by Crippen LogP contribution is 2.40. The molecule has 0 aliphatic rings. The Morgan fingerprint density at radius 2 is 0.852 bits per heavy atom. The van der Waals surface area contributed by atoms with Gasteiger partial charge in [-0.05, 0) is 77.9 Å². The molecule has 0 saturated carbocycles. The zero-order valence-electron chi connectivity index (χ0n) is 29.3. The zero-order valence-corrected chi connectivity index (χ0v) is 29.3. The maximum absolute atomic E-state index is 5.29. The topological polar surface area (TPSA) is 35.6 Å². The van der Waals surface area contributed by atoms with Crippen molar-refractivity contribution in [3.05, 3.63) is 194 Å². The van der Waals surface area contributed by atoms with Crippen molar-refractivity contribution in [3.8, 4) is 45.1 Å². The summed E-state index contributed by atoms with van der Waals surface area (Å²) >= 11 is 0. The molecule has 0 bridgehead atoms. The standard InChI is InChI=1S/C50H32N4/c1-4-15-33(16-5-1)38-23-14-24-43-48(38)49(34-17-6-2-7-18-34)52-50(51-43)35-27-29-37(30-28-35)54-45-26-13-11-22-40(45)42-31-46-41(32-47(42)54)39-21-10-12-25-44(39)53(46)36-19-8-3-9-20-36/h1-32H. The minimum atomic E-state index is 0.704. The minimum absolute atomic E-state index is 0.704. The Kier molecular flexibility index (Phi) is 6.82. The van der Waals surface area contributed by atoms with E-state index >= 15 is 0 Å². The molecule has 0 saturated heterocycles. The fraction of sp³-hybridized carbons (Fsp3) is 0. The van der Waals surface area contributed by atoms with Crippen molar-refractivity contribution in [2.24, 2.45) is 0 Å². The molecule has 252 valence electrons. The van der Waals surface area contributed by atoms with Gasteiger partial charge in [0.1, 0.15) is 0 Å². The van der Waals surface area contributed by atoms with E-state index < -0.39 is 0 Å². The molecule has 11 rings (SSSR count). The summed E-state index contributed by atoms with van der Waals surface area (Å²) in [7, 11) is 0. The van der Waals surface area contributed by atoms with E-state index in [1.54, 1.807) is 0 Å². The number of para-hydroxylation sites is 3. The van der Waals surface area contributed by atoms with Crippen molar-refractivity contribution < 1.29 is 0 Å². The summed E-state index contributed by atoms with van der Waals surface area (Å²) in [6.45, 7) is 0. The molecule has 8 aromatic carbocycles. The maximum Gasteiger partial charge on any atom is 0.160 e. The molecule has 0 spiro atoms. The second kappa shape index (κ2) is 12.1. The Morgan fingerprint density at radius 3 is 1.46 bits per heavy atom. The lowest BCUT2D eigenvalue weighted by atomic mass is 9.96. The molecule has 0 unspecified atom stereocenters. The Labute approximate surface area is 311 Å². The molecular formula is C50H32N4. The average molecular weight is 689 g/mol. The molecule has 4 nitrogen and oxygen atoms in total. The fourth-order valence-corrected chi connectivity index (χ4v) is 8.30. The molecule has 0 aliphatic heterocycles. The van der Waals surface area contributed by atoms with Crippen molar-refractivity contribution >= 4 is 54.5 Å². The second-order valence-corrected chi connectivity index (χ2v) is 13.8. The summed E-state index contributed by atoms with van der Waals surface area (Å²) in [5, 5.41) is 5.98. The van der Waals surface area contributed by atoms with Gasteiger partial charge in [0.2, 0.25) is 0 Å². The van der Waals surface area contributed by atoms with Crippen LogP contribution in [0.2, 0.25) is 0 Å². The molecule has 11 aromatic rings. The Bertz CT molecular complexity index is 3180. The van der Waals surface area contributed by atoms with E-state index in [4.69, 9.17) is 9.97 Å². The first-order valence-electron chi connectivity index (χ1n) is 18.3. The quantitative estimate of drug-likeness (QED) is 0.180. The SMILES string of the molecule is c1ccc(-c2cccc3nc(-c4ccc(-n5c6ccccc6c6cc7c(cc65)c5ccccc5n7-c5ccccc5)cc4)nc(-c4ccccc4)c23)cc1. The summed E-state index contributed by atoms with van der Waals surface area (Å²) in [5.41, 5.74) is 13.2. The number of aromatic nitrogens is 4. The Balaban J connectivity index is 1.10. The zero-order chi connectivity index (χ0) is 35.6. The van der Waals surface area contributed by atoms with Crippen LogP contribution in [-0.4, -0.2) is 19.1 Å². The van der Waals surface area contributed by atoms with Crippen LogP contribution in [0.1, 0.15) is 0 Å². The Morgan fingerprint density at radius 1 is 0.333 bits per heavy atom. The van der Waals surface area contributed by atoms with Crippen LogP contribution >= 0.6 is 0 Å². The van der Waals surface area contributed by atoms with E-state index in [-0.39, 0.29) is 0 Å². The molecular weight excluding hydrogens is 657 g/mol. The molecule has 54 heavy (non-hydrogen) atoms. The molecule has 4 heteroatoms. The van der Waals surface area contributed by atoms with Gasteiger partial charge in [-0.2, -0.15) is 0 Å². The number of fused-ring (bicyclic) bond motifs is 7. The first-order chi connectivity index (χ1) is 26.8. The van der Waals surface area contributed by atoms with Crippen molar-refractivity contribution in [3.63, 3.8) is 0 Å². The van der Waals surface area contributed by atoms with Crippen LogP contribution in [0.4, 0.5) is 0 Å². The molecule has 0 aliphatic carbocycles. The van der Waals surface area contributed by atoms with E-state index in [0.717, 1.165) is 50.2 Å². The summed E-state index contributed by atoms with van der Waals surface area (Å²) < 4.78 is 4.78. The van der Waals surface area contributed by atoms with Crippen molar-refractivity contribution in [1.29, 1.82) is 0 Å². The number of rotatable bonds is 5. The van der Waals surface area contributed by atoms with Gasteiger partial charge < -0.3 is 9.13 Å². The molecule has 0 radical (unpaired) electrons. The van der Waals surface area contributed by atoms with Crippen LogP contribution in [-0.2, 0) is 0 Å². The van der Waals surface area contributed by atoms with Crippen LogP contribution in [0.15, 0.2) is 194 Å². The van der Waals surface area contributed by atoms with Crippen LogP contribution in [0.25, 0.3) is 99.7 Å². The third-order valence-corrected chi connectivity index (χ3v) is 10.7. The number of hydrogen-bond donors (Lipinski definition) is 0. The lowest BCUT2D eigenvalue weighted by molar-refractivity contribution is 1.17. The fourth-order valence-electron chi connectivity index (χ4n) is 8.30.